The van der Waals surface area contributed by atoms with Crippen LogP contribution in [0, 0.1) is 23.0 Å². The number of nitrogens with zero attached hydrogens (tertiary/aromatic N) is 1. The molecule has 0 aromatic heterocycles. The fourth-order valence-electron chi connectivity index (χ4n) is 2.03. The highest BCUT2D eigenvalue weighted by atomic mass is 32.2. The van der Waals surface area contributed by atoms with Crippen LogP contribution in [-0.4, -0.2) is 17.8 Å². The molecule has 1 aromatic carbocycles. The average Bonchev–Trinajstić information content (AvgIpc) is 2.46. The maximum absolute atomic E-state index is 13.0. The highest BCUT2D eigenvalue weighted by Gasteiger charge is 2.25. The lowest BCUT2D eigenvalue weighted by Crippen LogP contribution is -2.43. The molecule has 1 aromatic rings. The van der Waals surface area contributed by atoms with Gasteiger partial charge in [0.05, 0.1) is 6.07 Å². The standard InChI is InChI=1S/C15H20F2N2S/c1-3-15(11-18,19-4-2)8-5-9-20-12-6-7-13(16)14(17)10-12/h6-7,10,19H,3-5,8-9H2,1-2H3. The van der Waals surface area contributed by atoms with Gasteiger partial charge in [-0.15, -0.1) is 11.8 Å². The summed E-state index contributed by atoms with van der Waals surface area (Å²) in [5.41, 5.74) is -0.469. The largest absolute Gasteiger partial charge is 0.300 e. The monoisotopic (exact) mass is 298 g/mol. The van der Waals surface area contributed by atoms with E-state index in [0.29, 0.717) is 4.90 Å². The zero-order valence-electron chi connectivity index (χ0n) is 11.9. The zero-order valence-corrected chi connectivity index (χ0v) is 12.7. The van der Waals surface area contributed by atoms with Crippen molar-refractivity contribution in [1.29, 1.82) is 5.26 Å². The second-order valence-corrected chi connectivity index (χ2v) is 5.77. The highest BCUT2D eigenvalue weighted by molar-refractivity contribution is 7.99. The van der Waals surface area contributed by atoms with Crippen molar-refractivity contribution >= 4 is 11.8 Å². The van der Waals surface area contributed by atoms with Crippen molar-refractivity contribution in [2.45, 2.75) is 43.5 Å². The lowest BCUT2D eigenvalue weighted by atomic mass is 9.92. The Kier molecular flexibility index (Phi) is 6.97. The van der Waals surface area contributed by atoms with E-state index in [-0.39, 0.29) is 0 Å². The molecular weight excluding hydrogens is 278 g/mol. The summed E-state index contributed by atoms with van der Waals surface area (Å²) in [7, 11) is 0. The number of thioether (sulfide) groups is 1. The third-order valence-corrected chi connectivity index (χ3v) is 4.32. The predicted octanol–water partition coefficient (Wildman–Crippen LogP) is 4.12. The van der Waals surface area contributed by atoms with Crippen molar-refractivity contribution in [1.82, 2.24) is 5.32 Å². The number of benzene rings is 1. The minimum absolute atomic E-state index is 0.469. The molecule has 1 N–H and O–H groups in total. The Balaban J connectivity index is 2.44. The molecule has 0 aliphatic carbocycles. The summed E-state index contributed by atoms with van der Waals surface area (Å²) in [5.74, 6) is -0.863. The molecule has 0 amide bonds. The predicted molar refractivity (Wildman–Crippen MR) is 78.6 cm³/mol. The maximum Gasteiger partial charge on any atom is 0.159 e. The van der Waals surface area contributed by atoms with E-state index in [9.17, 15) is 14.0 Å². The van der Waals surface area contributed by atoms with E-state index in [0.717, 1.165) is 37.6 Å². The molecule has 1 atom stereocenters. The van der Waals surface area contributed by atoms with Crippen molar-refractivity contribution in [3.05, 3.63) is 29.8 Å². The van der Waals surface area contributed by atoms with E-state index in [1.54, 1.807) is 6.07 Å². The summed E-state index contributed by atoms with van der Waals surface area (Å²) in [4.78, 5) is 0.714. The number of nitrogens with one attached hydrogen (secondary N) is 1. The molecule has 0 aliphatic rings. The fourth-order valence-corrected chi connectivity index (χ4v) is 2.91. The summed E-state index contributed by atoms with van der Waals surface area (Å²) in [6.45, 7) is 4.74. The van der Waals surface area contributed by atoms with Crippen molar-refractivity contribution in [3.63, 3.8) is 0 Å². The van der Waals surface area contributed by atoms with Gasteiger partial charge in [-0.2, -0.15) is 5.26 Å². The third-order valence-electron chi connectivity index (χ3n) is 3.24. The van der Waals surface area contributed by atoms with Crippen LogP contribution in [0.3, 0.4) is 0 Å². The van der Waals surface area contributed by atoms with Gasteiger partial charge in [-0.1, -0.05) is 13.8 Å². The molecule has 0 fully saturated rings. The van der Waals surface area contributed by atoms with Crippen molar-refractivity contribution in [2.75, 3.05) is 12.3 Å². The summed E-state index contributed by atoms with van der Waals surface area (Å²) < 4.78 is 25.8. The van der Waals surface area contributed by atoms with Gasteiger partial charge in [-0.05, 0) is 49.8 Å². The van der Waals surface area contributed by atoms with E-state index in [2.05, 4.69) is 11.4 Å². The first-order chi connectivity index (χ1) is 9.56. The average molecular weight is 298 g/mol. The van der Waals surface area contributed by atoms with Gasteiger partial charge in [0, 0.05) is 4.90 Å². The molecule has 1 rings (SSSR count). The smallest absolute Gasteiger partial charge is 0.159 e. The van der Waals surface area contributed by atoms with Gasteiger partial charge in [0.2, 0.25) is 0 Å². The lowest BCUT2D eigenvalue weighted by molar-refractivity contribution is 0.379. The van der Waals surface area contributed by atoms with Crippen LogP contribution in [0.15, 0.2) is 23.1 Å². The number of halogens is 2. The van der Waals surface area contributed by atoms with Gasteiger partial charge in [-0.25, -0.2) is 8.78 Å². The highest BCUT2D eigenvalue weighted by Crippen LogP contribution is 2.24. The maximum atomic E-state index is 13.0. The van der Waals surface area contributed by atoms with Gasteiger partial charge >= 0.3 is 0 Å². The number of rotatable bonds is 8. The molecule has 110 valence electrons. The topological polar surface area (TPSA) is 35.8 Å². The van der Waals surface area contributed by atoms with E-state index >= 15 is 0 Å². The van der Waals surface area contributed by atoms with E-state index in [4.69, 9.17) is 0 Å². The van der Waals surface area contributed by atoms with Gasteiger partial charge in [0.1, 0.15) is 5.54 Å². The lowest BCUT2D eigenvalue weighted by Gasteiger charge is -2.25. The first-order valence-electron chi connectivity index (χ1n) is 6.81. The number of nitriles is 1. The number of hydrogen-bond acceptors (Lipinski definition) is 3. The summed E-state index contributed by atoms with van der Waals surface area (Å²) in [6.07, 6.45) is 2.36. The van der Waals surface area contributed by atoms with Crippen molar-refractivity contribution in [2.24, 2.45) is 0 Å². The van der Waals surface area contributed by atoms with Crippen LogP contribution in [0.2, 0.25) is 0 Å². The molecule has 20 heavy (non-hydrogen) atoms. The van der Waals surface area contributed by atoms with E-state index < -0.39 is 17.2 Å². The molecule has 0 radical (unpaired) electrons. The van der Waals surface area contributed by atoms with Crippen molar-refractivity contribution in [3.8, 4) is 6.07 Å². The second kappa shape index (κ2) is 8.23. The molecule has 5 heteroatoms. The Morgan fingerprint density at radius 2 is 2.05 bits per heavy atom. The molecule has 0 spiro atoms. The Bertz CT molecular complexity index is 473. The minimum atomic E-state index is -0.823. The molecule has 1 unspecified atom stereocenters. The molecule has 0 saturated heterocycles. The third kappa shape index (κ3) is 4.77. The molecule has 0 aliphatic heterocycles. The molecule has 0 heterocycles. The van der Waals surface area contributed by atoms with E-state index in [1.165, 1.54) is 17.8 Å². The Morgan fingerprint density at radius 3 is 2.60 bits per heavy atom. The van der Waals surface area contributed by atoms with Gasteiger partial charge in [0.15, 0.2) is 11.6 Å². The minimum Gasteiger partial charge on any atom is -0.300 e. The van der Waals surface area contributed by atoms with Crippen LogP contribution in [0.1, 0.15) is 33.1 Å². The summed E-state index contributed by atoms with van der Waals surface area (Å²) in [6, 6.07) is 6.28. The molecule has 0 bridgehead atoms. The summed E-state index contributed by atoms with van der Waals surface area (Å²) in [5, 5.41) is 12.5. The van der Waals surface area contributed by atoms with Crippen LogP contribution in [-0.2, 0) is 0 Å². The Labute approximate surface area is 123 Å². The first-order valence-corrected chi connectivity index (χ1v) is 7.79. The molecule has 2 nitrogen and oxygen atoms in total. The molecule has 0 saturated carbocycles. The summed E-state index contributed by atoms with van der Waals surface area (Å²) >= 11 is 1.48. The Morgan fingerprint density at radius 1 is 1.30 bits per heavy atom. The van der Waals surface area contributed by atoms with Gasteiger partial charge in [0.25, 0.3) is 0 Å². The molecular formula is C15H20F2N2S. The van der Waals surface area contributed by atoms with Crippen LogP contribution in [0.25, 0.3) is 0 Å². The normalized spacial score (nSPS) is 13.8. The fraction of sp³-hybridized carbons (Fsp3) is 0.533. The second-order valence-electron chi connectivity index (χ2n) is 4.61. The van der Waals surface area contributed by atoms with Crippen molar-refractivity contribution < 1.29 is 8.78 Å². The van der Waals surface area contributed by atoms with E-state index in [1.807, 2.05) is 13.8 Å². The SMILES string of the molecule is CCNC(C#N)(CC)CCCSc1ccc(F)c(F)c1. The van der Waals surface area contributed by atoms with Crippen LogP contribution >= 0.6 is 11.8 Å². The van der Waals surface area contributed by atoms with Gasteiger partial charge < -0.3 is 0 Å². The zero-order chi connectivity index (χ0) is 15.0. The van der Waals surface area contributed by atoms with Crippen LogP contribution < -0.4 is 5.32 Å². The number of hydrogen-bond donors (Lipinski definition) is 1. The first kappa shape index (κ1) is 16.9. The van der Waals surface area contributed by atoms with Crippen LogP contribution in [0.4, 0.5) is 8.78 Å². The quantitative estimate of drug-likeness (QED) is 0.579. The Hall–Kier alpha value is -1.12. The van der Waals surface area contributed by atoms with Crippen LogP contribution in [0.5, 0.6) is 0 Å². The van der Waals surface area contributed by atoms with Gasteiger partial charge in [-0.3, -0.25) is 5.32 Å².